The van der Waals surface area contributed by atoms with Gasteiger partial charge >= 0.3 is 0 Å². The number of ether oxygens (including phenoxy) is 1. The molecule has 27 heavy (non-hydrogen) atoms. The smallest absolute Gasteiger partial charge is 0.241 e. The molecule has 2 aromatic rings. The Morgan fingerprint density at radius 2 is 1.81 bits per heavy atom. The summed E-state index contributed by atoms with van der Waals surface area (Å²) in [6.45, 7) is 5.85. The average Bonchev–Trinajstić information content (AvgIpc) is 2.64. The highest BCUT2D eigenvalue weighted by Gasteiger charge is 2.20. The number of likely N-dealkylation sites (N-methyl/N-ethyl adjacent to an activating group) is 1. The van der Waals surface area contributed by atoms with E-state index < -0.39 is 6.04 Å². The first kappa shape index (κ1) is 20.5. The molecule has 0 spiro atoms. The van der Waals surface area contributed by atoms with Crippen LogP contribution in [0, 0.1) is 13.8 Å². The zero-order valence-corrected chi connectivity index (χ0v) is 16.5. The SMILES string of the molecule is COc1cccc(NC(=O)[C@@H](C)N(C)CC(=O)Nc2cccc(C)c2C)c1. The van der Waals surface area contributed by atoms with E-state index in [-0.39, 0.29) is 18.4 Å². The van der Waals surface area contributed by atoms with E-state index in [2.05, 4.69) is 10.6 Å². The number of anilines is 2. The fourth-order valence-electron chi connectivity index (χ4n) is 2.59. The number of amides is 2. The summed E-state index contributed by atoms with van der Waals surface area (Å²) < 4.78 is 5.16. The number of benzene rings is 2. The molecule has 0 aliphatic heterocycles. The van der Waals surface area contributed by atoms with E-state index in [1.165, 1.54) is 0 Å². The highest BCUT2D eigenvalue weighted by molar-refractivity contribution is 5.96. The summed E-state index contributed by atoms with van der Waals surface area (Å²) in [6, 6.07) is 12.5. The van der Waals surface area contributed by atoms with Crippen molar-refractivity contribution in [3.63, 3.8) is 0 Å². The molecule has 0 saturated carbocycles. The molecular formula is C21H27N3O3. The van der Waals surface area contributed by atoms with Gasteiger partial charge in [-0.25, -0.2) is 0 Å². The molecule has 0 radical (unpaired) electrons. The Hall–Kier alpha value is -2.86. The zero-order valence-electron chi connectivity index (χ0n) is 16.5. The number of carbonyl (C=O) groups excluding carboxylic acids is 2. The van der Waals surface area contributed by atoms with Gasteiger partial charge in [-0.15, -0.1) is 0 Å². The molecule has 0 aromatic heterocycles. The van der Waals surface area contributed by atoms with E-state index in [0.29, 0.717) is 11.4 Å². The Morgan fingerprint density at radius 1 is 1.11 bits per heavy atom. The molecule has 0 aliphatic carbocycles. The number of carbonyl (C=O) groups is 2. The topological polar surface area (TPSA) is 70.7 Å². The number of rotatable bonds is 7. The first-order valence-electron chi connectivity index (χ1n) is 8.83. The molecule has 6 heteroatoms. The average molecular weight is 369 g/mol. The van der Waals surface area contributed by atoms with Gasteiger partial charge in [0.2, 0.25) is 11.8 Å². The van der Waals surface area contributed by atoms with Crippen molar-refractivity contribution < 1.29 is 14.3 Å². The van der Waals surface area contributed by atoms with E-state index in [1.807, 2.05) is 38.1 Å². The van der Waals surface area contributed by atoms with Crippen molar-refractivity contribution in [3.8, 4) is 5.75 Å². The second-order valence-corrected chi connectivity index (χ2v) is 6.61. The van der Waals surface area contributed by atoms with Gasteiger partial charge in [-0.2, -0.15) is 0 Å². The first-order valence-corrected chi connectivity index (χ1v) is 8.83. The van der Waals surface area contributed by atoms with Gasteiger partial charge in [0.25, 0.3) is 0 Å². The summed E-state index contributed by atoms with van der Waals surface area (Å²) in [5, 5.41) is 5.76. The molecular weight excluding hydrogens is 342 g/mol. The van der Waals surface area contributed by atoms with E-state index in [0.717, 1.165) is 16.8 Å². The van der Waals surface area contributed by atoms with Gasteiger partial charge in [-0.05, 0) is 57.1 Å². The molecule has 0 fully saturated rings. The summed E-state index contributed by atoms with van der Waals surface area (Å²) in [7, 11) is 3.32. The number of methoxy groups -OCH3 is 1. The largest absolute Gasteiger partial charge is 0.497 e. The minimum atomic E-state index is -0.472. The van der Waals surface area contributed by atoms with Crippen LogP contribution >= 0.6 is 0 Å². The lowest BCUT2D eigenvalue weighted by atomic mass is 10.1. The molecule has 0 aliphatic rings. The second-order valence-electron chi connectivity index (χ2n) is 6.61. The van der Waals surface area contributed by atoms with Crippen molar-refractivity contribution in [1.82, 2.24) is 4.90 Å². The Balaban J connectivity index is 1.93. The summed E-state index contributed by atoms with van der Waals surface area (Å²) >= 11 is 0. The van der Waals surface area contributed by atoms with Crippen LogP contribution in [-0.4, -0.2) is 43.5 Å². The minimum Gasteiger partial charge on any atom is -0.497 e. The van der Waals surface area contributed by atoms with Gasteiger partial charge in [0.15, 0.2) is 0 Å². The molecule has 0 bridgehead atoms. The Bertz CT molecular complexity index is 820. The number of nitrogens with zero attached hydrogens (tertiary/aromatic N) is 1. The van der Waals surface area contributed by atoms with E-state index >= 15 is 0 Å². The summed E-state index contributed by atoms with van der Waals surface area (Å²) in [6.07, 6.45) is 0. The Kier molecular flexibility index (Phi) is 6.96. The van der Waals surface area contributed by atoms with Crippen LogP contribution in [0.2, 0.25) is 0 Å². The third-order valence-electron chi connectivity index (χ3n) is 4.65. The lowest BCUT2D eigenvalue weighted by Gasteiger charge is -2.23. The van der Waals surface area contributed by atoms with Crippen LogP contribution in [0.5, 0.6) is 5.75 Å². The Morgan fingerprint density at radius 3 is 2.52 bits per heavy atom. The van der Waals surface area contributed by atoms with Gasteiger partial charge in [-0.1, -0.05) is 18.2 Å². The molecule has 2 N–H and O–H groups in total. The van der Waals surface area contributed by atoms with Crippen molar-refractivity contribution in [3.05, 3.63) is 53.6 Å². The van der Waals surface area contributed by atoms with Crippen LogP contribution in [-0.2, 0) is 9.59 Å². The maximum absolute atomic E-state index is 12.5. The van der Waals surface area contributed by atoms with Crippen LogP contribution in [0.25, 0.3) is 0 Å². The van der Waals surface area contributed by atoms with Crippen LogP contribution < -0.4 is 15.4 Å². The van der Waals surface area contributed by atoms with Crippen LogP contribution in [0.15, 0.2) is 42.5 Å². The zero-order chi connectivity index (χ0) is 20.0. The Labute approximate surface area is 160 Å². The summed E-state index contributed by atoms with van der Waals surface area (Å²) in [4.78, 5) is 26.5. The molecule has 2 amide bonds. The van der Waals surface area contributed by atoms with Gasteiger partial charge in [0, 0.05) is 17.4 Å². The summed E-state index contributed by atoms with van der Waals surface area (Å²) in [5.74, 6) is 0.319. The van der Waals surface area contributed by atoms with Crippen LogP contribution in [0.3, 0.4) is 0 Å². The van der Waals surface area contributed by atoms with Gasteiger partial charge in [0.05, 0.1) is 19.7 Å². The van der Waals surface area contributed by atoms with E-state index in [1.54, 1.807) is 44.2 Å². The second kappa shape index (κ2) is 9.19. The fourth-order valence-corrected chi connectivity index (χ4v) is 2.59. The van der Waals surface area contributed by atoms with Gasteiger partial charge in [-0.3, -0.25) is 14.5 Å². The standard InChI is InChI=1S/C21H27N3O3/c1-14-8-6-11-19(15(14)2)23-20(25)13-24(4)16(3)21(26)22-17-9-7-10-18(12-17)27-5/h6-12,16H,13H2,1-5H3,(H,22,26)(H,23,25)/t16-/m1/s1. The fraction of sp³-hybridized carbons (Fsp3) is 0.333. The van der Waals surface area contributed by atoms with Gasteiger partial charge < -0.3 is 15.4 Å². The van der Waals surface area contributed by atoms with Crippen LogP contribution in [0.1, 0.15) is 18.1 Å². The molecule has 144 valence electrons. The summed E-state index contributed by atoms with van der Waals surface area (Å²) in [5.41, 5.74) is 3.60. The molecule has 2 aromatic carbocycles. The normalized spacial score (nSPS) is 11.8. The van der Waals surface area contributed by atoms with E-state index in [4.69, 9.17) is 4.74 Å². The number of hydrogen-bond donors (Lipinski definition) is 2. The molecule has 2 rings (SSSR count). The number of aryl methyl sites for hydroxylation is 1. The van der Waals surface area contributed by atoms with Crippen molar-refractivity contribution in [2.75, 3.05) is 31.3 Å². The molecule has 0 unspecified atom stereocenters. The van der Waals surface area contributed by atoms with Gasteiger partial charge in [0.1, 0.15) is 5.75 Å². The molecule has 0 heterocycles. The lowest BCUT2D eigenvalue weighted by molar-refractivity contribution is -0.122. The van der Waals surface area contributed by atoms with Crippen molar-refractivity contribution >= 4 is 23.2 Å². The maximum Gasteiger partial charge on any atom is 0.241 e. The highest BCUT2D eigenvalue weighted by atomic mass is 16.5. The molecule has 6 nitrogen and oxygen atoms in total. The predicted octanol–water partition coefficient (Wildman–Crippen LogP) is 3.21. The quantitative estimate of drug-likeness (QED) is 0.786. The minimum absolute atomic E-state index is 0.111. The number of nitrogens with one attached hydrogen (secondary N) is 2. The van der Waals surface area contributed by atoms with Crippen molar-refractivity contribution in [2.24, 2.45) is 0 Å². The molecule has 1 atom stereocenters. The van der Waals surface area contributed by atoms with Crippen molar-refractivity contribution in [1.29, 1.82) is 0 Å². The molecule has 0 saturated heterocycles. The lowest BCUT2D eigenvalue weighted by Crippen LogP contribution is -2.43. The maximum atomic E-state index is 12.5. The third-order valence-corrected chi connectivity index (χ3v) is 4.65. The highest BCUT2D eigenvalue weighted by Crippen LogP contribution is 2.19. The first-order chi connectivity index (χ1) is 12.8. The predicted molar refractivity (Wildman–Crippen MR) is 108 cm³/mol. The van der Waals surface area contributed by atoms with E-state index in [9.17, 15) is 9.59 Å². The van der Waals surface area contributed by atoms with Crippen LogP contribution in [0.4, 0.5) is 11.4 Å². The monoisotopic (exact) mass is 369 g/mol. The number of hydrogen-bond acceptors (Lipinski definition) is 4. The van der Waals surface area contributed by atoms with Crippen molar-refractivity contribution in [2.45, 2.75) is 26.8 Å². The third kappa shape index (κ3) is 5.56.